The second-order valence-corrected chi connectivity index (χ2v) is 7.96. The molecule has 3 aromatic rings. The maximum absolute atomic E-state index is 5.48. The standard InChI is InChI=1S/C25H32N6O.HI/c1-26-25(27-17-21-6-4-7-22(16-21)19-31-11-5-10-29-31)28-18-23-8-2-3-9-24(23)20-30-12-14-32-15-13-30;/h2-11,16H,12-15,17-20H2,1H3,(H2,26,27,28);1H. The Morgan fingerprint density at radius 1 is 0.939 bits per heavy atom. The van der Waals surface area contributed by atoms with Crippen LogP contribution in [0.5, 0.6) is 0 Å². The fourth-order valence-electron chi connectivity index (χ4n) is 3.89. The van der Waals surface area contributed by atoms with E-state index in [4.69, 9.17) is 4.74 Å². The molecule has 1 aliphatic rings. The number of guanidine groups is 1. The largest absolute Gasteiger partial charge is 0.379 e. The number of rotatable bonds is 8. The molecule has 1 aromatic heterocycles. The van der Waals surface area contributed by atoms with Crippen molar-refractivity contribution in [1.82, 2.24) is 25.3 Å². The van der Waals surface area contributed by atoms with Crippen LogP contribution in [0.2, 0.25) is 0 Å². The molecule has 0 spiro atoms. The van der Waals surface area contributed by atoms with Crippen LogP contribution in [0.25, 0.3) is 0 Å². The van der Waals surface area contributed by atoms with Crippen LogP contribution < -0.4 is 10.6 Å². The minimum atomic E-state index is 0. The Morgan fingerprint density at radius 2 is 1.70 bits per heavy atom. The second kappa shape index (κ2) is 13.3. The monoisotopic (exact) mass is 560 g/mol. The number of nitrogens with zero attached hydrogens (tertiary/aromatic N) is 4. The number of hydrogen-bond acceptors (Lipinski definition) is 4. The zero-order chi connectivity index (χ0) is 22.0. The van der Waals surface area contributed by atoms with Gasteiger partial charge >= 0.3 is 0 Å². The Morgan fingerprint density at radius 3 is 2.45 bits per heavy atom. The van der Waals surface area contributed by atoms with E-state index < -0.39 is 0 Å². The zero-order valence-corrected chi connectivity index (χ0v) is 21.4. The van der Waals surface area contributed by atoms with E-state index in [2.05, 4.69) is 74.2 Å². The Labute approximate surface area is 213 Å². The van der Waals surface area contributed by atoms with Crippen molar-refractivity contribution < 1.29 is 4.74 Å². The molecule has 2 N–H and O–H groups in total. The molecule has 0 amide bonds. The normalized spacial score (nSPS) is 14.5. The van der Waals surface area contributed by atoms with Crippen LogP contribution in [-0.4, -0.2) is 54.0 Å². The first-order chi connectivity index (χ1) is 15.8. The first kappa shape index (κ1) is 25.2. The summed E-state index contributed by atoms with van der Waals surface area (Å²) < 4.78 is 7.41. The van der Waals surface area contributed by atoms with E-state index >= 15 is 0 Å². The predicted molar refractivity (Wildman–Crippen MR) is 143 cm³/mol. The summed E-state index contributed by atoms with van der Waals surface area (Å²) in [6.45, 7) is 6.79. The van der Waals surface area contributed by atoms with Crippen LogP contribution in [0.15, 0.2) is 72.0 Å². The molecule has 8 heteroatoms. The molecular weight excluding hydrogens is 527 g/mol. The van der Waals surface area contributed by atoms with Gasteiger partial charge in [0.15, 0.2) is 5.96 Å². The Bertz CT molecular complexity index is 1000. The Hall–Kier alpha value is -2.43. The molecule has 0 unspecified atom stereocenters. The van der Waals surface area contributed by atoms with Crippen LogP contribution in [-0.2, 0) is 30.9 Å². The van der Waals surface area contributed by atoms with E-state index in [1.807, 2.05) is 24.0 Å². The third-order valence-electron chi connectivity index (χ3n) is 5.64. The highest BCUT2D eigenvalue weighted by atomic mass is 127. The first-order valence-electron chi connectivity index (χ1n) is 11.2. The summed E-state index contributed by atoms with van der Waals surface area (Å²) in [4.78, 5) is 6.85. The van der Waals surface area contributed by atoms with Gasteiger partial charge in [0.2, 0.25) is 0 Å². The van der Waals surface area contributed by atoms with Gasteiger partial charge in [-0.25, -0.2) is 0 Å². The second-order valence-electron chi connectivity index (χ2n) is 7.96. The molecule has 176 valence electrons. The molecule has 0 saturated carbocycles. The summed E-state index contributed by atoms with van der Waals surface area (Å²) in [6, 6.07) is 19.1. The molecule has 33 heavy (non-hydrogen) atoms. The lowest BCUT2D eigenvalue weighted by Crippen LogP contribution is -2.37. The molecule has 0 atom stereocenters. The first-order valence-corrected chi connectivity index (χ1v) is 11.2. The number of nitrogens with one attached hydrogen (secondary N) is 2. The van der Waals surface area contributed by atoms with E-state index in [1.54, 1.807) is 6.20 Å². The minimum Gasteiger partial charge on any atom is -0.379 e. The van der Waals surface area contributed by atoms with Gasteiger partial charge in [-0.2, -0.15) is 5.10 Å². The van der Waals surface area contributed by atoms with Gasteiger partial charge < -0.3 is 15.4 Å². The summed E-state index contributed by atoms with van der Waals surface area (Å²) in [5, 5.41) is 11.2. The van der Waals surface area contributed by atoms with Gasteiger partial charge in [0.1, 0.15) is 0 Å². The van der Waals surface area contributed by atoms with Gasteiger partial charge in [-0.15, -0.1) is 24.0 Å². The van der Waals surface area contributed by atoms with Crippen LogP contribution >= 0.6 is 24.0 Å². The van der Waals surface area contributed by atoms with Gasteiger partial charge in [0.25, 0.3) is 0 Å². The molecule has 2 aromatic carbocycles. The highest BCUT2D eigenvalue weighted by Crippen LogP contribution is 2.13. The number of halogens is 1. The van der Waals surface area contributed by atoms with Crippen molar-refractivity contribution in [2.75, 3.05) is 33.4 Å². The number of aromatic nitrogens is 2. The van der Waals surface area contributed by atoms with Gasteiger partial charge in [-0.05, 0) is 28.3 Å². The Balaban J connectivity index is 0.00000306. The summed E-state index contributed by atoms with van der Waals surface area (Å²) in [5.41, 5.74) is 5.09. The number of morpholine rings is 1. The van der Waals surface area contributed by atoms with E-state index in [-0.39, 0.29) is 24.0 Å². The lowest BCUT2D eigenvalue weighted by Gasteiger charge is -2.27. The third kappa shape index (κ3) is 7.83. The highest BCUT2D eigenvalue weighted by Gasteiger charge is 2.12. The lowest BCUT2D eigenvalue weighted by atomic mass is 10.1. The van der Waals surface area contributed by atoms with Crippen molar-refractivity contribution >= 4 is 29.9 Å². The van der Waals surface area contributed by atoms with Gasteiger partial charge in [0.05, 0.1) is 19.8 Å². The van der Waals surface area contributed by atoms with Gasteiger partial charge in [-0.1, -0.05) is 48.5 Å². The molecule has 0 bridgehead atoms. The van der Waals surface area contributed by atoms with Gasteiger partial charge in [0, 0.05) is 52.2 Å². The van der Waals surface area contributed by atoms with Crippen molar-refractivity contribution in [2.45, 2.75) is 26.2 Å². The molecule has 1 fully saturated rings. The smallest absolute Gasteiger partial charge is 0.191 e. The fraction of sp³-hybridized carbons (Fsp3) is 0.360. The van der Waals surface area contributed by atoms with Crippen LogP contribution in [0.4, 0.5) is 0 Å². The summed E-state index contributed by atoms with van der Waals surface area (Å²) >= 11 is 0. The van der Waals surface area contributed by atoms with Crippen molar-refractivity contribution in [3.63, 3.8) is 0 Å². The summed E-state index contributed by atoms with van der Waals surface area (Å²) in [6.07, 6.45) is 3.79. The molecular formula is C25H33IN6O. The number of hydrogen-bond donors (Lipinski definition) is 2. The van der Waals surface area contributed by atoms with Gasteiger partial charge in [-0.3, -0.25) is 14.6 Å². The van der Waals surface area contributed by atoms with Crippen molar-refractivity contribution in [3.8, 4) is 0 Å². The Kier molecular flexibility index (Phi) is 10.2. The average Bonchev–Trinajstić information content (AvgIpc) is 3.34. The lowest BCUT2D eigenvalue weighted by molar-refractivity contribution is 0.0341. The number of ether oxygens (including phenoxy) is 1. The SMILES string of the molecule is CN=C(NCc1cccc(Cn2cccn2)c1)NCc1ccccc1CN1CCOCC1.I. The molecule has 4 rings (SSSR count). The quantitative estimate of drug-likeness (QED) is 0.252. The summed E-state index contributed by atoms with van der Waals surface area (Å²) in [5.74, 6) is 0.795. The average molecular weight is 560 g/mol. The predicted octanol–water partition coefficient (Wildman–Crippen LogP) is 3.25. The van der Waals surface area contributed by atoms with Crippen molar-refractivity contribution in [2.24, 2.45) is 4.99 Å². The number of benzene rings is 2. The molecule has 0 aliphatic carbocycles. The minimum absolute atomic E-state index is 0. The molecule has 7 nitrogen and oxygen atoms in total. The van der Waals surface area contributed by atoms with Crippen LogP contribution in [0.3, 0.4) is 0 Å². The van der Waals surface area contributed by atoms with E-state index in [0.717, 1.165) is 51.9 Å². The van der Waals surface area contributed by atoms with E-state index in [0.29, 0.717) is 6.54 Å². The van der Waals surface area contributed by atoms with Crippen LogP contribution in [0.1, 0.15) is 22.3 Å². The van der Waals surface area contributed by atoms with Crippen molar-refractivity contribution in [1.29, 1.82) is 0 Å². The fourth-order valence-corrected chi connectivity index (χ4v) is 3.89. The maximum Gasteiger partial charge on any atom is 0.191 e. The van der Waals surface area contributed by atoms with Crippen molar-refractivity contribution in [3.05, 3.63) is 89.2 Å². The molecule has 0 radical (unpaired) electrons. The van der Waals surface area contributed by atoms with E-state index in [9.17, 15) is 0 Å². The molecule has 1 aliphatic heterocycles. The topological polar surface area (TPSA) is 66.7 Å². The third-order valence-corrected chi connectivity index (χ3v) is 5.64. The van der Waals surface area contributed by atoms with E-state index in [1.165, 1.54) is 22.3 Å². The number of aliphatic imine (C=N–C) groups is 1. The highest BCUT2D eigenvalue weighted by molar-refractivity contribution is 14.0. The molecule has 2 heterocycles. The van der Waals surface area contributed by atoms with Crippen LogP contribution in [0, 0.1) is 0 Å². The molecule has 1 saturated heterocycles. The maximum atomic E-state index is 5.48. The zero-order valence-electron chi connectivity index (χ0n) is 19.1. The summed E-state index contributed by atoms with van der Waals surface area (Å²) in [7, 11) is 1.81.